The van der Waals surface area contributed by atoms with Crippen LogP contribution in [0.15, 0.2) is 23.8 Å². The lowest BCUT2D eigenvalue weighted by Gasteiger charge is -2.19. The largest absolute Gasteiger partial charge is 0.489 e. The Hall–Kier alpha value is -1.26. The first-order valence-electron chi connectivity index (χ1n) is 6.97. The highest BCUT2D eigenvalue weighted by Crippen LogP contribution is 2.50. The lowest BCUT2D eigenvalue weighted by molar-refractivity contribution is 0.0988. The molecule has 0 saturated heterocycles. The molecule has 0 aliphatic carbocycles. The minimum Gasteiger partial charge on any atom is -0.489 e. The van der Waals surface area contributed by atoms with E-state index < -0.39 is 0 Å². The molecule has 4 heteroatoms. The van der Waals surface area contributed by atoms with Gasteiger partial charge in [0.05, 0.1) is 6.10 Å². The number of hydrogen-bond acceptors (Lipinski definition) is 4. The molecule has 1 aromatic carbocycles. The number of rotatable bonds is 3. The van der Waals surface area contributed by atoms with Crippen molar-refractivity contribution in [3.63, 3.8) is 0 Å². The van der Waals surface area contributed by atoms with Crippen LogP contribution in [0.1, 0.15) is 42.6 Å². The Morgan fingerprint density at radius 3 is 3.05 bits per heavy atom. The minimum absolute atomic E-state index is 0.149. The summed E-state index contributed by atoms with van der Waals surface area (Å²) in [6.07, 6.45) is 1.03. The van der Waals surface area contributed by atoms with Crippen LogP contribution in [-0.4, -0.2) is 28.9 Å². The first-order valence-corrected chi connectivity index (χ1v) is 7.85. The van der Waals surface area contributed by atoms with E-state index in [0.717, 1.165) is 23.3 Å². The number of carbonyl (C=O) groups is 1. The van der Waals surface area contributed by atoms with Crippen molar-refractivity contribution in [3.05, 3.63) is 34.9 Å². The van der Waals surface area contributed by atoms with Crippen molar-refractivity contribution in [1.82, 2.24) is 0 Å². The van der Waals surface area contributed by atoms with Crippen LogP contribution in [0.4, 0.5) is 0 Å². The van der Waals surface area contributed by atoms with Gasteiger partial charge in [-0.3, -0.25) is 4.79 Å². The van der Waals surface area contributed by atoms with Crippen molar-refractivity contribution in [3.8, 4) is 5.75 Å². The van der Waals surface area contributed by atoms with Crippen LogP contribution in [0.3, 0.4) is 0 Å². The Balaban J connectivity index is 1.98. The fraction of sp³-hybridized carbons (Fsp3) is 0.438. The zero-order chi connectivity index (χ0) is 14.3. The van der Waals surface area contributed by atoms with Crippen molar-refractivity contribution < 1.29 is 14.6 Å². The molecule has 0 fully saturated rings. The number of aliphatic hydroxyl groups is 1. The summed E-state index contributed by atoms with van der Waals surface area (Å²) in [6.45, 7) is 4.30. The third kappa shape index (κ3) is 2.27. The molecule has 2 unspecified atom stereocenters. The number of thioether (sulfide) groups is 1. The van der Waals surface area contributed by atoms with Crippen LogP contribution in [0.2, 0.25) is 0 Å². The van der Waals surface area contributed by atoms with Crippen LogP contribution in [0.25, 0.3) is 4.91 Å². The molecule has 0 aromatic heterocycles. The van der Waals surface area contributed by atoms with Crippen molar-refractivity contribution in [2.24, 2.45) is 0 Å². The third-order valence-corrected chi connectivity index (χ3v) is 5.45. The SMILES string of the molecule is CCC(=O)c1ccc2c(c1)C1=C(CO2)CC(C(C)O)S1. The smallest absolute Gasteiger partial charge is 0.162 e. The van der Waals surface area contributed by atoms with Gasteiger partial charge < -0.3 is 9.84 Å². The van der Waals surface area contributed by atoms with Crippen LogP contribution < -0.4 is 4.74 Å². The Morgan fingerprint density at radius 1 is 1.55 bits per heavy atom. The van der Waals surface area contributed by atoms with E-state index in [0.29, 0.717) is 13.0 Å². The summed E-state index contributed by atoms with van der Waals surface area (Å²) in [7, 11) is 0. The molecule has 1 N–H and O–H groups in total. The second-order valence-corrected chi connectivity index (χ2v) is 6.56. The summed E-state index contributed by atoms with van der Waals surface area (Å²) in [6, 6.07) is 5.66. The van der Waals surface area contributed by atoms with Gasteiger partial charge in [-0.15, -0.1) is 11.8 Å². The molecule has 0 spiro atoms. The maximum absolute atomic E-state index is 11.9. The highest BCUT2D eigenvalue weighted by atomic mass is 32.2. The van der Waals surface area contributed by atoms with E-state index in [2.05, 4.69) is 0 Å². The van der Waals surface area contributed by atoms with Gasteiger partial charge in [0.15, 0.2) is 5.78 Å². The molecule has 106 valence electrons. The van der Waals surface area contributed by atoms with Gasteiger partial charge in [-0.1, -0.05) is 6.92 Å². The van der Waals surface area contributed by atoms with Crippen molar-refractivity contribution in [2.45, 2.75) is 38.0 Å². The highest BCUT2D eigenvalue weighted by molar-refractivity contribution is 8.09. The molecule has 3 rings (SSSR count). The molecular formula is C16H18O3S. The third-order valence-electron chi connectivity index (χ3n) is 3.85. The lowest BCUT2D eigenvalue weighted by atomic mass is 9.99. The Bertz CT molecular complexity index is 589. The predicted molar refractivity (Wildman–Crippen MR) is 81.2 cm³/mol. The molecule has 2 aliphatic rings. The van der Waals surface area contributed by atoms with Gasteiger partial charge in [0.2, 0.25) is 0 Å². The predicted octanol–water partition coefficient (Wildman–Crippen LogP) is 3.27. The van der Waals surface area contributed by atoms with Crippen molar-refractivity contribution >= 4 is 22.5 Å². The molecule has 0 saturated carbocycles. The van der Waals surface area contributed by atoms with E-state index in [1.807, 2.05) is 32.0 Å². The topological polar surface area (TPSA) is 46.5 Å². The molecule has 0 amide bonds. The molecular weight excluding hydrogens is 272 g/mol. The summed E-state index contributed by atoms with van der Waals surface area (Å²) in [5, 5.41) is 9.98. The minimum atomic E-state index is -0.338. The average Bonchev–Trinajstić information content (AvgIpc) is 2.90. The zero-order valence-electron chi connectivity index (χ0n) is 11.7. The molecule has 3 nitrogen and oxygen atoms in total. The molecule has 2 aliphatic heterocycles. The van der Waals surface area contributed by atoms with E-state index in [1.54, 1.807) is 11.8 Å². The zero-order valence-corrected chi connectivity index (χ0v) is 12.5. The number of carbonyl (C=O) groups excluding carboxylic acids is 1. The monoisotopic (exact) mass is 290 g/mol. The van der Waals surface area contributed by atoms with E-state index >= 15 is 0 Å². The highest BCUT2D eigenvalue weighted by Gasteiger charge is 2.33. The first-order chi connectivity index (χ1) is 9.60. The number of hydrogen-bond donors (Lipinski definition) is 1. The van der Waals surface area contributed by atoms with Gasteiger partial charge >= 0.3 is 0 Å². The van der Waals surface area contributed by atoms with Crippen LogP contribution >= 0.6 is 11.8 Å². The van der Waals surface area contributed by atoms with E-state index in [1.165, 1.54) is 10.5 Å². The van der Waals surface area contributed by atoms with Crippen LogP contribution in [0.5, 0.6) is 5.75 Å². The fourth-order valence-electron chi connectivity index (χ4n) is 2.64. The second-order valence-electron chi connectivity index (χ2n) is 5.31. The Kier molecular flexibility index (Phi) is 3.61. The number of Topliss-reactive ketones (excluding diaryl/α,β-unsaturated/α-hetero) is 1. The normalized spacial score (nSPS) is 22.1. The quantitative estimate of drug-likeness (QED) is 0.868. The number of ketones is 1. The van der Waals surface area contributed by atoms with Gasteiger partial charge in [-0.25, -0.2) is 0 Å². The van der Waals surface area contributed by atoms with Gasteiger partial charge in [-0.05, 0) is 37.1 Å². The van der Waals surface area contributed by atoms with E-state index in [-0.39, 0.29) is 17.1 Å². The Labute approximate surface area is 123 Å². The molecule has 20 heavy (non-hydrogen) atoms. The average molecular weight is 290 g/mol. The standard InChI is InChI=1S/C16H18O3S/c1-3-13(18)10-4-5-14-12(6-10)16-11(8-19-14)7-15(20-16)9(2)17/h4-6,9,15,17H,3,7-8H2,1-2H3. The summed E-state index contributed by atoms with van der Waals surface area (Å²) >= 11 is 1.71. The number of ether oxygens (including phenoxy) is 1. The van der Waals surface area contributed by atoms with Crippen molar-refractivity contribution in [2.75, 3.05) is 6.61 Å². The Morgan fingerprint density at radius 2 is 2.35 bits per heavy atom. The molecule has 2 atom stereocenters. The second kappa shape index (κ2) is 5.26. The van der Waals surface area contributed by atoms with Crippen molar-refractivity contribution in [1.29, 1.82) is 0 Å². The number of fused-ring (bicyclic) bond motifs is 2. The molecule has 1 aromatic rings. The first kappa shape index (κ1) is 13.7. The van der Waals surface area contributed by atoms with Gasteiger partial charge in [0.1, 0.15) is 12.4 Å². The molecule has 2 heterocycles. The van der Waals surface area contributed by atoms with Gasteiger partial charge in [0.25, 0.3) is 0 Å². The van der Waals surface area contributed by atoms with E-state index in [9.17, 15) is 9.90 Å². The number of aliphatic hydroxyl groups excluding tert-OH is 1. The summed E-state index contributed by atoms with van der Waals surface area (Å²) in [4.78, 5) is 13.1. The molecule has 0 bridgehead atoms. The lowest BCUT2D eigenvalue weighted by Crippen LogP contribution is -2.17. The fourth-order valence-corrected chi connectivity index (χ4v) is 4.01. The van der Waals surface area contributed by atoms with E-state index in [4.69, 9.17) is 4.74 Å². The van der Waals surface area contributed by atoms with Crippen LogP contribution in [-0.2, 0) is 0 Å². The van der Waals surface area contributed by atoms with Gasteiger partial charge in [0, 0.05) is 27.7 Å². The number of benzene rings is 1. The maximum Gasteiger partial charge on any atom is 0.162 e. The summed E-state index contributed by atoms with van der Waals surface area (Å²) in [5.41, 5.74) is 3.00. The maximum atomic E-state index is 11.9. The summed E-state index contributed by atoms with van der Waals surface area (Å²) < 4.78 is 5.77. The summed E-state index contributed by atoms with van der Waals surface area (Å²) in [5.74, 6) is 0.991. The van der Waals surface area contributed by atoms with Gasteiger partial charge in [-0.2, -0.15) is 0 Å². The van der Waals surface area contributed by atoms with Crippen LogP contribution in [0, 0.1) is 0 Å². The molecule has 0 radical (unpaired) electrons.